The third-order valence-corrected chi connectivity index (χ3v) is 6.09. The Kier molecular flexibility index (Phi) is 5.35. The number of hydrogen-bond donors (Lipinski definition) is 0. The van der Waals surface area contributed by atoms with Gasteiger partial charge in [0.2, 0.25) is 11.8 Å². The molecule has 160 valence electrons. The molecule has 0 unspecified atom stereocenters. The summed E-state index contributed by atoms with van der Waals surface area (Å²) in [4.78, 5) is 30.2. The number of rotatable bonds is 5. The minimum atomic E-state index is -0.398. The maximum absolute atomic E-state index is 13.6. The van der Waals surface area contributed by atoms with Crippen LogP contribution in [0.4, 0.5) is 0 Å². The highest BCUT2D eigenvalue weighted by Gasteiger charge is 2.41. The van der Waals surface area contributed by atoms with E-state index in [0.717, 1.165) is 36.4 Å². The lowest BCUT2D eigenvalue weighted by Gasteiger charge is -2.41. The molecule has 2 heterocycles. The van der Waals surface area contributed by atoms with Crippen LogP contribution in [0.2, 0.25) is 0 Å². The van der Waals surface area contributed by atoms with E-state index in [1.54, 1.807) is 12.0 Å². The van der Waals surface area contributed by atoms with E-state index in [-0.39, 0.29) is 30.3 Å². The third kappa shape index (κ3) is 3.83. The molecule has 1 aromatic carbocycles. The lowest BCUT2D eigenvalue weighted by atomic mass is 9.98. The summed E-state index contributed by atoms with van der Waals surface area (Å²) in [7, 11) is 1.66. The summed E-state index contributed by atoms with van der Waals surface area (Å²) in [5.74, 6) is 0.921. The van der Waals surface area contributed by atoms with Gasteiger partial charge in [0.05, 0.1) is 7.11 Å². The molecule has 6 nitrogen and oxygen atoms in total. The minimum Gasteiger partial charge on any atom is -0.496 e. The van der Waals surface area contributed by atoms with E-state index in [4.69, 9.17) is 4.74 Å². The van der Waals surface area contributed by atoms with E-state index in [1.807, 2.05) is 56.0 Å². The number of carbonyl (C=O) groups is 2. The van der Waals surface area contributed by atoms with E-state index in [9.17, 15) is 9.59 Å². The second-order valence-corrected chi connectivity index (χ2v) is 9.23. The topological polar surface area (TPSA) is 54.8 Å². The van der Waals surface area contributed by atoms with E-state index < -0.39 is 5.54 Å². The second kappa shape index (κ2) is 7.82. The number of carbonyl (C=O) groups excluding carboxylic acids is 2. The van der Waals surface area contributed by atoms with Crippen molar-refractivity contribution in [3.05, 3.63) is 53.9 Å². The van der Waals surface area contributed by atoms with Crippen LogP contribution in [0, 0.1) is 5.92 Å². The van der Waals surface area contributed by atoms with Gasteiger partial charge < -0.3 is 19.1 Å². The number of nitrogens with zero attached hydrogens (tertiary/aromatic N) is 3. The molecule has 1 aliphatic carbocycles. The molecule has 0 radical (unpaired) electrons. The van der Waals surface area contributed by atoms with E-state index >= 15 is 0 Å². The Hall–Kier alpha value is -2.76. The van der Waals surface area contributed by atoms with Crippen LogP contribution in [0.25, 0.3) is 0 Å². The highest BCUT2D eigenvalue weighted by atomic mass is 16.5. The van der Waals surface area contributed by atoms with Gasteiger partial charge in [-0.05, 0) is 51.8 Å². The van der Waals surface area contributed by atoms with Gasteiger partial charge in [-0.15, -0.1) is 0 Å². The Morgan fingerprint density at radius 3 is 2.50 bits per heavy atom. The molecule has 6 heteroatoms. The molecular weight excluding hydrogens is 378 g/mol. The van der Waals surface area contributed by atoms with Gasteiger partial charge in [0.1, 0.15) is 18.3 Å². The first-order chi connectivity index (χ1) is 14.3. The van der Waals surface area contributed by atoms with Crippen LogP contribution in [-0.4, -0.2) is 51.9 Å². The molecule has 1 aromatic heterocycles. The molecule has 1 saturated carbocycles. The zero-order chi connectivity index (χ0) is 21.5. The molecule has 2 aliphatic rings. The Labute approximate surface area is 178 Å². The number of fused-ring (bicyclic) bond motifs is 1. The Morgan fingerprint density at radius 1 is 1.10 bits per heavy atom. The highest BCUT2D eigenvalue weighted by molar-refractivity contribution is 5.88. The normalized spacial score (nSPS) is 18.7. The fraction of sp³-hybridized carbons (Fsp3) is 0.500. The lowest BCUT2D eigenvalue weighted by Crippen LogP contribution is -2.53. The molecule has 1 fully saturated rings. The van der Waals surface area contributed by atoms with Crippen molar-refractivity contribution < 1.29 is 14.3 Å². The van der Waals surface area contributed by atoms with Crippen molar-refractivity contribution in [2.24, 2.45) is 5.92 Å². The number of ether oxygens (including phenoxy) is 1. The zero-order valence-corrected chi connectivity index (χ0v) is 18.3. The molecule has 1 atom stereocenters. The van der Waals surface area contributed by atoms with Crippen molar-refractivity contribution in [2.75, 3.05) is 20.2 Å². The predicted molar refractivity (Wildman–Crippen MR) is 115 cm³/mol. The van der Waals surface area contributed by atoms with Crippen molar-refractivity contribution in [1.29, 1.82) is 0 Å². The molecule has 2 aromatic rings. The molecule has 2 amide bonds. The molecule has 0 bridgehead atoms. The SMILES string of the molecule is COc1ccccc1[C@@H]1c2cccn2CCN1C(=O)CN(C(=O)C1CC1)C(C)(C)C. The Balaban J connectivity index is 1.67. The number of hydrogen-bond acceptors (Lipinski definition) is 3. The van der Waals surface area contributed by atoms with Crippen LogP contribution < -0.4 is 4.74 Å². The van der Waals surface area contributed by atoms with Crippen molar-refractivity contribution >= 4 is 11.8 Å². The van der Waals surface area contributed by atoms with Gasteiger partial charge in [0.15, 0.2) is 0 Å². The Bertz CT molecular complexity index is 939. The van der Waals surface area contributed by atoms with Crippen LogP contribution in [0.15, 0.2) is 42.6 Å². The minimum absolute atomic E-state index is 0.0257. The van der Waals surface area contributed by atoms with Crippen molar-refractivity contribution in [3.63, 3.8) is 0 Å². The highest BCUT2D eigenvalue weighted by Crippen LogP contribution is 2.38. The van der Waals surface area contributed by atoms with Crippen molar-refractivity contribution in [2.45, 2.75) is 51.7 Å². The van der Waals surface area contributed by atoms with Gasteiger partial charge in [-0.3, -0.25) is 9.59 Å². The summed E-state index contributed by atoms with van der Waals surface area (Å²) < 4.78 is 7.81. The maximum atomic E-state index is 13.6. The lowest BCUT2D eigenvalue weighted by molar-refractivity contribution is -0.147. The maximum Gasteiger partial charge on any atom is 0.243 e. The summed E-state index contributed by atoms with van der Waals surface area (Å²) in [5.41, 5.74) is 1.63. The smallest absolute Gasteiger partial charge is 0.243 e. The number of methoxy groups -OCH3 is 1. The summed E-state index contributed by atoms with van der Waals surface area (Å²) >= 11 is 0. The fourth-order valence-corrected chi connectivity index (χ4v) is 4.29. The largest absolute Gasteiger partial charge is 0.496 e. The van der Waals surface area contributed by atoms with Gasteiger partial charge in [-0.1, -0.05) is 18.2 Å². The number of aromatic nitrogens is 1. The molecule has 0 N–H and O–H groups in total. The predicted octanol–water partition coefficient (Wildman–Crippen LogP) is 3.47. The van der Waals surface area contributed by atoms with Crippen LogP contribution in [0.3, 0.4) is 0 Å². The Morgan fingerprint density at radius 2 is 1.83 bits per heavy atom. The van der Waals surface area contributed by atoms with Gasteiger partial charge in [0, 0.05) is 42.0 Å². The zero-order valence-electron chi connectivity index (χ0n) is 18.3. The summed E-state index contributed by atoms with van der Waals surface area (Å²) in [6.07, 6.45) is 3.92. The molecule has 0 saturated heterocycles. The van der Waals surface area contributed by atoms with Crippen molar-refractivity contribution in [3.8, 4) is 5.75 Å². The summed E-state index contributed by atoms with van der Waals surface area (Å²) in [6.45, 7) is 7.44. The second-order valence-electron chi connectivity index (χ2n) is 9.23. The van der Waals surface area contributed by atoms with E-state index in [1.165, 1.54) is 0 Å². The van der Waals surface area contributed by atoms with Gasteiger partial charge in [-0.2, -0.15) is 0 Å². The van der Waals surface area contributed by atoms with Gasteiger partial charge in [0.25, 0.3) is 0 Å². The average molecular weight is 410 g/mol. The number of para-hydroxylation sites is 1. The first kappa shape index (κ1) is 20.5. The van der Waals surface area contributed by atoms with Crippen LogP contribution >= 0.6 is 0 Å². The summed E-state index contributed by atoms with van der Waals surface area (Å²) in [5, 5.41) is 0. The van der Waals surface area contributed by atoms with E-state index in [0.29, 0.717) is 6.54 Å². The van der Waals surface area contributed by atoms with Gasteiger partial charge in [-0.25, -0.2) is 0 Å². The van der Waals surface area contributed by atoms with Gasteiger partial charge >= 0.3 is 0 Å². The van der Waals surface area contributed by atoms with Crippen LogP contribution in [-0.2, 0) is 16.1 Å². The monoisotopic (exact) mass is 409 g/mol. The first-order valence-electron chi connectivity index (χ1n) is 10.7. The van der Waals surface area contributed by atoms with Crippen LogP contribution in [0.1, 0.15) is 50.9 Å². The standard InChI is InChI=1S/C24H31N3O3/c1-24(2,3)27(23(29)17-11-12-17)16-21(28)26-15-14-25-13-7-9-19(25)22(26)18-8-5-6-10-20(18)30-4/h5-10,13,17,22H,11-12,14-16H2,1-4H3/t22-/m1/s1. The molecular formula is C24H31N3O3. The molecule has 1 aliphatic heterocycles. The molecule has 0 spiro atoms. The number of amides is 2. The number of benzene rings is 1. The van der Waals surface area contributed by atoms with Crippen LogP contribution in [0.5, 0.6) is 5.75 Å². The quantitative estimate of drug-likeness (QED) is 0.760. The average Bonchev–Trinajstić information content (AvgIpc) is 3.46. The van der Waals surface area contributed by atoms with Crippen molar-refractivity contribution in [1.82, 2.24) is 14.4 Å². The third-order valence-electron chi connectivity index (χ3n) is 6.09. The molecule has 30 heavy (non-hydrogen) atoms. The van der Waals surface area contributed by atoms with E-state index in [2.05, 4.69) is 16.8 Å². The fourth-order valence-electron chi connectivity index (χ4n) is 4.29. The molecule has 4 rings (SSSR count). The first-order valence-corrected chi connectivity index (χ1v) is 10.7. The summed E-state index contributed by atoms with van der Waals surface area (Å²) in [6, 6.07) is 11.7.